The molecule has 0 unspecified atom stereocenters. The number of hydrogen-bond acceptors (Lipinski definition) is 3. The number of rotatable bonds is 2. The normalized spacial score (nSPS) is 35.9. The van der Waals surface area contributed by atoms with Crippen molar-refractivity contribution in [1.29, 1.82) is 0 Å². The van der Waals surface area contributed by atoms with Crippen molar-refractivity contribution in [2.75, 3.05) is 0 Å². The van der Waals surface area contributed by atoms with Gasteiger partial charge in [0.05, 0.1) is 5.92 Å². The second-order valence-electron chi connectivity index (χ2n) is 4.40. The summed E-state index contributed by atoms with van der Waals surface area (Å²) < 4.78 is 34.1. The highest BCUT2D eigenvalue weighted by Gasteiger charge is 2.54. The van der Waals surface area contributed by atoms with Gasteiger partial charge in [-0.25, -0.2) is 13.6 Å². The molecule has 1 saturated heterocycles. The first-order valence-electron chi connectivity index (χ1n) is 5.71. The number of halogens is 2. The first kappa shape index (κ1) is 12.9. The largest absolute Gasteiger partial charge is 0.330 e. The molecule has 4 atom stereocenters. The molecule has 1 aliphatic rings. The molecular weight excluding hydrogens is 246 g/mol. The fourth-order valence-corrected chi connectivity index (χ4v) is 2.10. The summed E-state index contributed by atoms with van der Waals surface area (Å²) in [6, 6.07) is 1.06. The van der Waals surface area contributed by atoms with E-state index >= 15 is 0 Å². The van der Waals surface area contributed by atoms with Crippen molar-refractivity contribution in [3.8, 4) is 0 Å². The van der Waals surface area contributed by atoms with Gasteiger partial charge in [-0.3, -0.25) is 14.3 Å². The lowest BCUT2D eigenvalue weighted by Gasteiger charge is -2.21. The van der Waals surface area contributed by atoms with Crippen molar-refractivity contribution in [2.24, 2.45) is 5.92 Å². The summed E-state index contributed by atoms with van der Waals surface area (Å²) in [6.07, 6.45) is -1.91. The van der Waals surface area contributed by atoms with Gasteiger partial charge in [0.1, 0.15) is 0 Å². The Hall–Kier alpha value is -1.50. The fraction of sp³-hybridized carbons (Fsp3) is 0.636. The zero-order valence-electron chi connectivity index (χ0n) is 10.0. The number of aromatic amines is 1. The number of hydrogen-bond donors (Lipinski definition) is 1. The number of aromatic nitrogens is 2. The molecule has 0 aromatic carbocycles. The molecular formula is C11H14F2N2O3. The maximum Gasteiger partial charge on any atom is 0.330 e. The van der Waals surface area contributed by atoms with Crippen molar-refractivity contribution in [2.45, 2.75) is 38.5 Å². The summed E-state index contributed by atoms with van der Waals surface area (Å²) >= 11 is 0. The Morgan fingerprint density at radius 2 is 2.22 bits per heavy atom. The Morgan fingerprint density at radius 1 is 1.56 bits per heavy atom. The Balaban J connectivity index is 2.41. The van der Waals surface area contributed by atoms with E-state index in [1.165, 1.54) is 6.92 Å². The first-order valence-corrected chi connectivity index (χ1v) is 5.71. The molecule has 0 aliphatic carbocycles. The van der Waals surface area contributed by atoms with Gasteiger partial charge in [-0.15, -0.1) is 0 Å². The van der Waals surface area contributed by atoms with E-state index in [1.807, 2.05) is 4.98 Å². The highest BCUT2D eigenvalue weighted by atomic mass is 19.2. The molecule has 100 valence electrons. The van der Waals surface area contributed by atoms with Gasteiger partial charge in [-0.2, -0.15) is 0 Å². The average molecular weight is 260 g/mol. The molecule has 2 heterocycles. The Labute approximate surface area is 101 Å². The predicted molar refractivity (Wildman–Crippen MR) is 59.6 cm³/mol. The number of nitrogens with one attached hydrogen (secondary N) is 1. The molecule has 1 aromatic rings. The van der Waals surface area contributed by atoms with Crippen LogP contribution in [0.3, 0.4) is 0 Å². The minimum atomic E-state index is -2.10. The van der Waals surface area contributed by atoms with E-state index in [-0.39, 0.29) is 6.42 Å². The molecule has 1 fully saturated rings. The van der Waals surface area contributed by atoms with Crippen molar-refractivity contribution in [1.82, 2.24) is 9.55 Å². The van der Waals surface area contributed by atoms with Crippen LogP contribution in [0, 0.1) is 5.92 Å². The quantitative estimate of drug-likeness (QED) is 0.866. The summed E-state index contributed by atoms with van der Waals surface area (Å²) in [4.78, 5) is 24.4. The summed E-state index contributed by atoms with van der Waals surface area (Å²) in [5.74, 6) is -3.08. The third kappa shape index (κ3) is 1.88. The van der Waals surface area contributed by atoms with Crippen LogP contribution in [-0.2, 0) is 4.74 Å². The monoisotopic (exact) mass is 260 g/mol. The minimum Gasteiger partial charge on any atom is -0.318 e. The van der Waals surface area contributed by atoms with Crippen LogP contribution in [-0.4, -0.2) is 21.6 Å². The van der Waals surface area contributed by atoms with Crippen LogP contribution in [0.1, 0.15) is 26.5 Å². The topological polar surface area (TPSA) is 64.1 Å². The van der Waals surface area contributed by atoms with Gasteiger partial charge in [0.2, 0.25) is 5.85 Å². The smallest absolute Gasteiger partial charge is 0.318 e. The highest BCUT2D eigenvalue weighted by Crippen LogP contribution is 2.45. The van der Waals surface area contributed by atoms with Crippen molar-refractivity contribution in [3.05, 3.63) is 33.1 Å². The third-order valence-electron chi connectivity index (χ3n) is 3.35. The maximum absolute atomic E-state index is 14.2. The average Bonchev–Trinajstić information content (AvgIpc) is 2.55. The zero-order valence-corrected chi connectivity index (χ0v) is 10.0. The standard InChI is InChI=1S/C11H14F2N2O3/c1-3-11(13)6(2)8(12)9(18-11)15-5-4-7(16)14-10(15)17/h4-6,8-9H,3H2,1-2H3,(H,14,16,17)/t6-,8+,9+,11+/m0/s1. The van der Waals surface area contributed by atoms with E-state index in [0.29, 0.717) is 0 Å². The van der Waals surface area contributed by atoms with Gasteiger partial charge >= 0.3 is 5.69 Å². The lowest BCUT2D eigenvalue weighted by Crippen LogP contribution is -2.34. The van der Waals surface area contributed by atoms with E-state index in [1.54, 1.807) is 6.92 Å². The second kappa shape index (κ2) is 4.31. The van der Waals surface area contributed by atoms with Crippen molar-refractivity contribution < 1.29 is 13.5 Å². The number of alkyl halides is 2. The van der Waals surface area contributed by atoms with Crippen LogP contribution >= 0.6 is 0 Å². The Morgan fingerprint density at radius 3 is 2.72 bits per heavy atom. The summed E-state index contributed by atoms with van der Waals surface area (Å²) in [5, 5.41) is 0. The van der Waals surface area contributed by atoms with Gasteiger partial charge in [-0.1, -0.05) is 13.8 Å². The van der Waals surface area contributed by atoms with Gasteiger partial charge in [-0.05, 0) is 0 Å². The van der Waals surface area contributed by atoms with Crippen LogP contribution in [0.25, 0.3) is 0 Å². The van der Waals surface area contributed by atoms with E-state index in [2.05, 4.69) is 0 Å². The van der Waals surface area contributed by atoms with Crippen LogP contribution in [0.15, 0.2) is 21.9 Å². The van der Waals surface area contributed by atoms with Crippen LogP contribution in [0.2, 0.25) is 0 Å². The molecule has 1 N–H and O–H groups in total. The third-order valence-corrected chi connectivity index (χ3v) is 3.35. The van der Waals surface area contributed by atoms with Crippen LogP contribution in [0.4, 0.5) is 8.78 Å². The van der Waals surface area contributed by atoms with Gasteiger partial charge in [0.25, 0.3) is 5.56 Å². The predicted octanol–water partition coefficient (Wildman–Crippen LogP) is 1.12. The molecule has 1 aromatic heterocycles. The lowest BCUT2D eigenvalue weighted by molar-refractivity contribution is -0.172. The van der Waals surface area contributed by atoms with E-state index in [4.69, 9.17) is 4.74 Å². The summed E-state index contributed by atoms with van der Waals surface area (Å²) in [5.41, 5.74) is -1.41. The van der Waals surface area contributed by atoms with E-state index in [9.17, 15) is 18.4 Å². The van der Waals surface area contributed by atoms with Gasteiger partial charge in [0.15, 0.2) is 12.4 Å². The molecule has 7 heteroatoms. The number of H-pyrrole nitrogens is 1. The van der Waals surface area contributed by atoms with Gasteiger partial charge < -0.3 is 4.74 Å². The lowest BCUT2D eigenvalue weighted by atomic mass is 9.97. The van der Waals surface area contributed by atoms with Crippen molar-refractivity contribution in [3.63, 3.8) is 0 Å². The van der Waals surface area contributed by atoms with Crippen molar-refractivity contribution >= 4 is 0 Å². The maximum atomic E-state index is 14.2. The molecule has 0 radical (unpaired) electrons. The highest BCUT2D eigenvalue weighted by molar-refractivity contribution is 4.94. The van der Waals surface area contributed by atoms with E-state index < -0.39 is 35.4 Å². The molecule has 5 nitrogen and oxygen atoms in total. The summed E-state index contributed by atoms with van der Waals surface area (Å²) in [6.45, 7) is 2.94. The molecule has 18 heavy (non-hydrogen) atoms. The second-order valence-corrected chi connectivity index (χ2v) is 4.40. The molecule has 0 saturated carbocycles. The molecule has 0 bridgehead atoms. The number of nitrogens with zero attached hydrogens (tertiary/aromatic N) is 1. The minimum absolute atomic E-state index is 0.0107. The Bertz CT molecular complexity index is 556. The summed E-state index contributed by atoms with van der Waals surface area (Å²) in [7, 11) is 0. The van der Waals surface area contributed by atoms with Crippen LogP contribution in [0.5, 0.6) is 0 Å². The molecule has 0 amide bonds. The molecule has 2 rings (SSSR count). The van der Waals surface area contributed by atoms with E-state index in [0.717, 1.165) is 16.8 Å². The Kier molecular flexibility index (Phi) is 3.10. The SMILES string of the molecule is CC[C@@]1(F)O[C@@H](n2ccc(=O)[nH]c2=O)[C@H](F)[C@@H]1C. The first-order chi connectivity index (χ1) is 8.39. The van der Waals surface area contributed by atoms with Crippen LogP contribution < -0.4 is 11.2 Å². The molecule has 0 spiro atoms. The molecule has 1 aliphatic heterocycles. The number of ether oxygens (including phenoxy) is 1. The van der Waals surface area contributed by atoms with Gasteiger partial charge in [0, 0.05) is 18.7 Å². The fourth-order valence-electron chi connectivity index (χ4n) is 2.10. The zero-order chi connectivity index (χ0) is 13.5.